The molecule has 0 aliphatic heterocycles. The number of amides is 1. The zero-order chi connectivity index (χ0) is 15.3. The molecule has 0 radical (unpaired) electrons. The second kappa shape index (κ2) is 6.90. The lowest BCUT2D eigenvalue weighted by Crippen LogP contribution is -2.32. The van der Waals surface area contributed by atoms with E-state index < -0.39 is 10.0 Å². The summed E-state index contributed by atoms with van der Waals surface area (Å²) in [4.78, 5) is 14.4. The molecule has 1 unspecified atom stereocenters. The van der Waals surface area contributed by atoms with Crippen molar-refractivity contribution in [3.05, 3.63) is 18.0 Å². The molecule has 1 aromatic heterocycles. The number of primary sulfonamides is 1. The van der Waals surface area contributed by atoms with Crippen LogP contribution in [0.15, 0.2) is 17.2 Å². The first-order valence-corrected chi connectivity index (χ1v) is 8.27. The Bertz CT molecular complexity index is 549. The van der Waals surface area contributed by atoms with Crippen LogP contribution in [0.3, 0.4) is 0 Å². The molecule has 114 valence electrons. The van der Waals surface area contributed by atoms with E-state index in [0.29, 0.717) is 5.92 Å². The standard InChI is InChI=1S/C13H23N3O3S/c1-9(2)5-4-6-10(3)16-13(17)12-7-11(8-15-12)20(14,18)19/h7-10,15H,4-6H2,1-3H3,(H,16,17)(H2,14,18,19). The zero-order valence-corrected chi connectivity index (χ0v) is 13.0. The van der Waals surface area contributed by atoms with Crippen molar-refractivity contribution in [3.8, 4) is 0 Å². The van der Waals surface area contributed by atoms with Crippen LogP contribution in [-0.4, -0.2) is 25.4 Å². The molecule has 1 amide bonds. The number of hydrogen-bond donors (Lipinski definition) is 3. The predicted molar refractivity (Wildman–Crippen MR) is 77.8 cm³/mol. The number of aromatic nitrogens is 1. The second-order valence-corrected chi connectivity index (χ2v) is 7.05. The molecule has 1 heterocycles. The summed E-state index contributed by atoms with van der Waals surface area (Å²) in [7, 11) is -3.78. The Kier molecular flexibility index (Phi) is 5.76. The van der Waals surface area contributed by atoms with E-state index in [1.54, 1.807) is 0 Å². The summed E-state index contributed by atoms with van der Waals surface area (Å²) in [6.45, 7) is 6.26. The van der Waals surface area contributed by atoms with Crippen molar-refractivity contribution in [1.82, 2.24) is 10.3 Å². The van der Waals surface area contributed by atoms with Crippen molar-refractivity contribution in [1.29, 1.82) is 0 Å². The van der Waals surface area contributed by atoms with Crippen molar-refractivity contribution < 1.29 is 13.2 Å². The van der Waals surface area contributed by atoms with Crippen LogP contribution in [0.2, 0.25) is 0 Å². The second-order valence-electron chi connectivity index (χ2n) is 5.49. The Balaban J connectivity index is 2.52. The van der Waals surface area contributed by atoms with Gasteiger partial charge in [0.05, 0.1) is 4.90 Å². The highest BCUT2D eigenvalue weighted by atomic mass is 32.2. The van der Waals surface area contributed by atoms with Gasteiger partial charge < -0.3 is 10.3 Å². The summed E-state index contributed by atoms with van der Waals surface area (Å²) in [6, 6.07) is 1.29. The van der Waals surface area contributed by atoms with Gasteiger partial charge in [0.25, 0.3) is 5.91 Å². The lowest BCUT2D eigenvalue weighted by Gasteiger charge is -2.13. The van der Waals surface area contributed by atoms with Crippen LogP contribution in [0.4, 0.5) is 0 Å². The van der Waals surface area contributed by atoms with Gasteiger partial charge >= 0.3 is 0 Å². The van der Waals surface area contributed by atoms with Crippen LogP contribution >= 0.6 is 0 Å². The molecule has 20 heavy (non-hydrogen) atoms. The first kappa shape index (κ1) is 16.7. The quantitative estimate of drug-likeness (QED) is 0.712. The minimum Gasteiger partial charge on any atom is -0.356 e. The lowest BCUT2D eigenvalue weighted by molar-refractivity contribution is 0.0933. The van der Waals surface area contributed by atoms with E-state index in [1.165, 1.54) is 12.3 Å². The molecule has 1 atom stereocenters. The molecule has 0 spiro atoms. The Hall–Kier alpha value is -1.34. The van der Waals surface area contributed by atoms with Gasteiger partial charge in [-0.05, 0) is 25.3 Å². The highest BCUT2D eigenvalue weighted by Gasteiger charge is 2.16. The number of rotatable bonds is 7. The third-order valence-electron chi connectivity index (χ3n) is 3.03. The maximum absolute atomic E-state index is 11.9. The van der Waals surface area contributed by atoms with Crippen LogP contribution in [0.5, 0.6) is 0 Å². The maximum atomic E-state index is 11.9. The van der Waals surface area contributed by atoms with Gasteiger partial charge in [-0.1, -0.05) is 26.7 Å². The number of carbonyl (C=O) groups is 1. The molecule has 0 bridgehead atoms. The van der Waals surface area contributed by atoms with E-state index >= 15 is 0 Å². The van der Waals surface area contributed by atoms with Gasteiger partial charge in [0.2, 0.25) is 10.0 Å². The third-order valence-corrected chi connectivity index (χ3v) is 3.92. The van der Waals surface area contributed by atoms with Crippen LogP contribution in [0.25, 0.3) is 0 Å². The molecule has 7 heteroatoms. The smallest absolute Gasteiger partial charge is 0.267 e. The molecule has 1 aromatic rings. The largest absolute Gasteiger partial charge is 0.356 e. The Morgan fingerprint density at radius 2 is 2.00 bits per heavy atom. The monoisotopic (exact) mass is 301 g/mol. The predicted octanol–water partition coefficient (Wildman–Crippen LogP) is 1.61. The van der Waals surface area contributed by atoms with Crippen molar-refractivity contribution in [2.75, 3.05) is 0 Å². The SMILES string of the molecule is CC(C)CCCC(C)NC(=O)c1cc(S(N)(=O)=O)c[nH]1. The maximum Gasteiger partial charge on any atom is 0.267 e. The molecule has 0 aliphatic carbocycles. The minimum atomic E-state index is -3.78. The van der Waals surface area contributed by atoms with E-state index in [0.717, 1.165) is 19.3 Å². The van der Waals surface area contributed by atoms with Gasteiger partial charge in [-0.25, -0.2) is 13.6 Å². The summed E-state index contributed by atoms with van der Waals surface area (Å²) < 4.78 is 22.2. The van der Waals surface area contributed by atoms with Crippen molar-refractivity contribution in [2.45, 2.75) is 51.0 Å². The molecule has 0 aliphatic rings. The average molecular weight is 301 g/mol. The van der Waals surface area contributed by atoms with Gasteiger partial charge in [0.15, 0.2) is 0 Å². The van der Waals surface area contributed by atoms with E-state index in [9.17, 15) is 13.2 Å². The van der Waals surface area contributed by atoms with E-state index in [1.807, 2.05) is 6.92 Å². The fraction of sp³-hybridized carbons (Fsp3) is 0.615. The molecule has 0 saturated carbocycles. The number of nitrogens with two attached hydrogens (primary N) is 1. The normalized spacial score (nSPS) is 13.4. The van der Waals surface area contributed by atoms with Crippen LogP contribution in [0.1, 0.15) is 50.5 Å². The number of nitrogens with one attached hydrogen (secondary N) is 2. The minimum absolute atomic E-state index is 0.0440. The molecule has 0 saturated heterocycles. The number of hydrogen-bond acceptors (Lipinski definition) is 3. The van der Waals surface area contributed by atoms with Crippen LogP contribution < -0.4 is 10.5 Å². The molecule has 0 aromatic carbocycles. The van der Waals surface area contributed by atoms with Gasteiger partial charge in [0.1, 0.15) is 5.69 Å². The van der Waals surface area contributed by atoms with E-state index in [2.05, 4.69) is 24.1 Å². The first-order chi connectivity index (χ1) is 9.20. The molecule has 0 fully saturated rings. The topological polar surface area (TPSA) is 105 Å². The molecular weight excluding hydrogens is 278 g/mol. The van der Waals surface area contributed by atoms with Crippen molar-refractivity contribution >= 4 is 15.9 Å². The Morgan fingerprint density at radius 3 is 2.50 bits per heavy atom. The number of H-pyrrole nitrogens is 1. The third kappa shape index (κ3) is 5.34. The molecule has 6 nitrogen and oxygen atoms in total. The van der Waals surface area contributed by atoms with E-state index in [-0.39, 0.29) is 22.5 Å². The van der Waals surface area contributed by atoms with Gasteiger partial charge in [-0.3, -0.25) is 4.79 Å². The van der Waals surface area contributed by atoms with E-state index in [4.69, 9.17) is 5.14 Å². The molecule has 4 N–H and O–H groups in total. The summed E-state index contributed by atoms with van der Waals surface area (Å²) in [5.74, 6) is 0.329. The number of carbonyl (C=O) groups excluding carboxylic acids is 1. The highest BCUT2D eigenvalue weighted by molar-refractivity contribution is 7.89. The summed E-state index contributed by atoms with van der Waals surface area (Å²) in [5.41, 5.74) is 0.199. The number of aromatic amines is 1. The Morgan fingerprint density at radius 1 is 1.35 bits per heavy atom. The average Bonchev–Trinajstić information content (AvgIpc) is 2.76. The fourth-order valence-electron chi connectivity index (χ4n) is 1.88. The Labute approximate surface area is 120 Å². The molecule has 1 rings (SSSR count). The van der Waals surface area contributed by atoms with Gasteiger partial charge in [0, 0.05) is 12.2 Å². The lowest BCUT2D eigenvalue weighted by atomic mass is 10.0. The number of sulfonamides is 1. The van der Waals surface area contributed by atoms with Crippen molar-refractivity contribution in [3.63, 3.8) is 0 Å². The fourth-order valence-corrected chi connectivity index (χ4v) is 2.38. The van der Waals surface area contributed by atoms with Crippen LogP contribution in [-0.2, 0) is 10.0 Å². The van der Waals surface area contributed by atoms with Crippen LogP contribution in [0, 0.1) is 5.92 Å². The van der Waals surface area contributed by atoms with Crippen molar-refractivity contribution in [2.24, 2.45) is 11.1 Å². The zero-order valence-electron chi connectivity index (χ0n) is 12.1. The highest BCUT2D eigenvalue weighted by Crippen LogP contribution is 2.11. The van der Waals surface area contributed by atoms with Gasteiger partial charge in [-0.15, -0.1) is 0 Å². The first-order valence-electron chi connectivity index (χ1n) is 6.72. The molecular formula is C13H23N3O3S. The summed E-state index contributed by atoms with van der Waals surface area (Å²) in [6.07, 6.45) is 4.28. The van der Waals surface area contributed by atoms with Gasteiger partial charge in [-0.2, -0.15) is 0 Å². The summed E-state index contributed by atoms with van der Waals surface area (Å²) >= 11 is 0. The summed E-state index contributed by atoms with van der Waals surface area (Å²) in [5, 5.41) is 7.81.